The molecule has 0 radical (unpaired) electrons. The van der Waals surface area contributed by atoms with Crippen LogP contribution in [-0.4, -0.2) is 29.7 Å². The summed E-state index contributed by atoms with van der Waals surface area (Å²) in [6.45, 7) is 0.197. The second-order valence-electron chi connectivity index (χ2n) is 3.20. The van der Waals surface area contributed by atoms with Crippen LogP contribution in [0.2, 0.25) is 0 Å². The molecule has 0 saturated heterocycles. The number of carbonyl (C=O) groups is 1. The van der Waals surface area contributed by atoms with E-state index in [2.05, 4.69) is 20.7 Å². The Morgan fingerprint density at radius 2 is 2.28 bits per heavy atom. The Hall–Kier alpha value is -1.45. The van der Waals surface area contributed by atoms with Crippen molar-refractivity contribution < 1.29 is 13.2 Å². The van der Waals surface area contributed by atoms with Gasteiger partial charge in [0.05, 0.1) is 12.7 Å². The zero-order chi connectivity index (χ0) is 13.2. The first kappa shape index (κ1) is 13.0. The van der Waals surface area contributed by atoms with E-state index in [1.807, 2.05) is 0 Å². The van der Waals surface area contributed by atoms with Crippen LogP contribution in [0.25, 0.3) is 0 Å². The van der Waals surface area contributed by atoms with Gasteiger partial charge in [-0.3, -0.25) is 4.79 Å². The lowest BCUT2D eigenvalue weighted by Gasteiger charge is -1.99. The van der Waals surface area contributed by atoms with Crippen molar-refractivity contribution in [3.05, 3.63) is 28.9 Å². The maximum Gasteiger partial charge on any atom is 0.273 e. The summed E-state index contributed by atoms with van der Waals surface area (Å²) < 4.78 is 22.1. The molecule has 0 aromatic carbocycles. The predicted octanol–water partition coefficient (Wildman–Crippen LogP) is 0.724. The number of aromatic nitrogens is 3. The number of carbonyl (C=O) groups excluding carboxylic acids is 1. The third-order valence-electron chi connectivity index (χ3n) is 1.95. The van der Waals surface area contributed by atoms with Gasteiger partial charge in [0, 0.05) is 15.6 Å². The standard InChI is InChI=1S/C8H7ClN4O3S2/c9-18(15,16)7-2-1-5(17-7)3-10-8(14)6-4-11-13-12-6/h1-2,4H,3H2,(H,10,14)(H,11,12,13). The molecule has 10 heteroatoms. The Morgan fingerprint density at radius 1 is 1.50 bits per heavy atom. The summed E-state index contributed by atoms with van der Waals surface area (Å²) in [6.07, 6.45) is 1.29. The lowest BCUT2D eigenvalue weighted by atomic mass is 10.4. The summed E-state index contributed by atoms with van der Waals surface area (Å²) in [5.41, 5.74) is 0.164. The van der Waals surface area contributed by atoms with Crippen molar-refractivity contribution in [2.24, 2.45) is 0 Å². The first-order valence-corrected chi connectivity index (χ1v) is 7.77. The van der Waals surface area contributed by atoms with Crippen LogP contribution in [0, 0.1) is 0 Å². The second kappa shape index (κ2) is 5.04. The Morgan fingerprint density at radius 3 is 2.83 bits per heavy atom. The summed E-state index contributed by atoms with van der Waals surface area (Å²) in [4.78, 5) is 12.2. The highest BCUT2D eigenvalue weighted by atomic mass is 35.7. The molecule has 0 atom stereocenters. The molecule has 0 bridgehead atoms. The van der Waals surface area contributed by atoms with Crippen molar-refractivity contribution in [1.82, 2.24) is 20.7 Å². The molecule has 2 aromatic rings. The highest BCUT2D eigenvalue weighted by molar-refractivity contribution is 8.15. The highest BCUT2D eigenvalue weighted by Gasteiger charge is 2.14. The number of nitrogens with zero attached hydrogens (tertiary/aromatic N) is 2. The Balaban J connectivity index is 1.99. The SMILES string of the molecule is O=C(NCc1ccc(S(=O)(=O)Cl)s1)c1cn[nH]n1. The largest absolute Gasteiger partial charge is 0.346 e. The summed E-state index contributed by atoms with van der Waals surface area (Å²) in [6, 6.07) is 2.98. The smallest absolute Gasteiger partial charge is 0.273 e. The third kappa shape index (κ3) is 3.06. The van der Waals surface area contributed by atoms with Crippen molar-refractivity contribution in [2.75, 3.05) is 0 Å². The monoisotopic (exact) mass is 306 g/mol. The number of hydrogen-bond acceptors (Lipinski definition) is 6. The first-order valence-electron chi connectivity index (χ1n) is 4.64. The number of hydrogen-bond donors (Lipinski definition) is 2. The maximum absolute atomic E-state index is 11.5. The molecule has 1 amide bonds. The normalized spacial score (nSPS) is 11.4. The number of nitrogens with one attached hydrogen (secondary N) is 2. The molecule has 2 heterocycles. The van der Waals surface area contributed by atoms with Crippen molar-refractivity contribution >= 4 is 37.0 Å². The van der Waals surface area contributed by atoms with Gasteiger partial charge in [-0.25, -0.2) is 8.42 Å². The number of thiophene rings is 1. The van der Waals surface area contributed by atoms with Gasteiger partial charge < -0.3 is 5.32 Å². The van der Waals surface area contributed by atoms with Gasteiger partial charge in [0.2, 0.25) is 0 Å². The fourth-order valence-electron chi connectivity index (χ4n) is 1.15. The molecule has 0 spiro atoms. The van der Waals surface area contributed by atoms with Crippen LogP contribution in [0.1, 0.15) is 15.4 Å². The van der Waals surface area contributed by atoms with Gasteiger partial charge in [-0.15, -0.1) is 11.3 Å². The van der Waals surface area contributed by atoms with Gasteiger partial charge in [-0.1, -0.05) is 0 Å². The fraction of sp³-hybridized carbons (Fsp3) is 0.125. The van der Waals surface area contributed by atoms with Gasteiger partial charge in [-0.2, -0.15) is 15.4 Å². The molecule has 18 heavy (non-hydrogen) atoms. The molecule has 96 valence electrons. The molecule has 0 fully saturated rings. The van der Waals surface area contributed by atoms with Gasteiger partial charge >= 0.3 is 0 Å². The number of amides is 1. The molecule has 0 unspecified atom stereocenters. The van der Waals surface area contributed by atoms with E-state index in [0.717, 1.165) is 11.3 Å². The predicted molar refractivity (Wildman–Crippen MR) is 64.9 cm³/mol. The van der Waals surface area contributed by atoms with E-state index < -0.39 is 15.0 Å². The molecular formula is C8H7ClN4O3S2. The van der Waals surface area contributed by atoms with Crippen molar-refractivity contribution in [1.29, 1.82) is 0 Å². The Labute approximate surface area is 111 Å². The molecule has 0 saturated carbocycles. The minimum absolute atomic E-state index is 0.0508. The molecular weight excluding hydrogens is 300 g/mol. The number of H-pyrrole nitrogens is 1. The lowest BCUT2D eigenvalue weighted by molar-refractivity contribution is 0.0946. The van der Waals surface area contributed by atoms with E-state index >= 15 is 0 Å². The summed E-state index contributed by atoms with van der Waals surface area (Å²) in [5, 5.41) is 12.0. The highest BCUT2D eigenvalue weighted by Crippen LogP contribution is 2.24. The van der Waals surface area contributed by atoms with Gasteiger partial charge in [0.25, 0.3) is 15.0 Å². The Kier molecular flexibility index (Phi) is 3.64. The van der Waals surface area contributed by atoms with Gasteiger partial charge in [-0.05, 0) is 12.1 Å². The van der Waals surface area contributed by atoms with Crippen LogP contribution < -0.4 is 5.32 Å². The second-order valence-corrected chi connectivity index (χ2v) is 7.16. The fourth-order valence-corrected chi connectivity index (χ4v) is 3.22. The Bertz CT molecular complexity index is 650. The van der Waals surface area contributed by atoms with E-state index in [0.29, 0.717) is 4.88 Å². The van der Waals surface area contributed by atoms with Crippen molar-refractivity contribution in [2.45, 2.75) is 10.8 Å². The summed E-state index contributed by atoms with van der Waals surface area (Å²) >= 11 is 1.00. The summed E-state index contributed by atoms with van der Waals surface area (Å²) in [5.74, 6) is -0.396. The molecule has 0 aliphatic carbocycles. The lowest BCUT2D eigenvalue weighted by Crippen LogP contribution is -2.22. The van der Waals surface area contributed by atoms with Gasteiger partial charge in [0.1, 0.15) is 4.21 Å². The molecule has 0 aliphatic heterocycles. The summed E-state index contributed by atoms with van der Waals surface area (Å²) in [7, 11) is 1.48. The topological polar surface area (TPSA) is 105 Å². The molecule has 0 aliphatic rings. The van der Waals surface area contributed by atoms with Gasteiger partial charge in [0.15, 0.2) is 5.69 Å². The van der Waals surface area contributed by atoms with Crippen LogP contribution in [0.4, 0.5) is 0 Å². The molecule has 7 nitrogen and oxygen atoms in total. The maximum atomic E-state index is 11.5. The number of rotatable bonds is 4. The molecule has 2 N–H and O–H groups in total. The zero-order valence-corrected chi connectivity index (χ0v) is 11.1. The minimum atomic E-state index is -3.71. The zero-order valence-electron chi connectivity index (χ0n) is 8.75. The molecule has 2 rings (SSSR count). The van der Waals surface area contributed by atoms with Crippen LogP contribution in [-0.2, 0) is 15.6 Å². The van der Waals surface area contributed by atoms with E-state index in [4.69, 9.17) is 10.7 Å². The van der Waals surface area contributed by atoms with E-state index in [1.165, 1.54) is 12.3 Å². The van der Waals surface area contributed by atoms with Crippen molar-refractivity contribution in [3.8, 4) is 0 Å². The third-order valence-corrected chi connectivity index (χ3v) is 5.13. The van der Waals surface area contributed by atoms with Crippen LogP contribution >= 0.6 is 22.0 Å². The van der Waals surface area contributed by atoms with Crippen LogP contribution in [0.15, 0.2) is 22.5 Å². The van der Waals surface area contributed by atoms with Crippen molar-refractivity contribution in [3.63, 3.8) is 0 Å². The van der Waals surface area contributed by atoms with E-state index in [-0.39, 0.29) is 16.4 Å². The first-order chi connectivity index (χ1) is 8.47. The average Bonchev–Trinajstić information content (AvgIpc) is 2.96. The van der Waals surface area contributed by atoms with E-state index in [9.17, 15) is 13.2 Å². The van der Waals surface area contributed by atoms with Crippen LogP contribution in [0.5, 0.6) is 0 Å². The number of aromatic amines is 1. The minimum Gasteiger partial charge on any atom is -0.346 e. The van der Waals surface area contributed by atoms with Crippen LogP contribution in [0.3, 0.4) is 0 Å². The average molecular weight is 307 g/mol. The quantitative estimate of drug-likeness (QED) is 0.810. The van der Waals surface area contributed by atoms with E-state index in [1.54, 1.807) is 6.07 Å². The molecule has 2 aromatic heterocycles. The number of halogens is 1.